The first kappa shape index (κ1) is 17.7. The van der Waals surface area contributed by atoms with Crippen molar-refractivity contribution in [2.45, 2.75) is 25.9 Å². The predicted molar refractivity (Wildman–Crippen MR) is 88.7 cm³/mol. The van der Waals surface area contributed by atoms with E-state index < -0.39 is 0 Å². The maximum atomic E-state index is 6.34. The van der Waals surface area contributed by atoms with E-state index in [9.17, 15) is 0 Å². The number of halogens is 2. The number of likely N-dealkylation sites (N-methyl/N-ethyl adjacent to an activating group) is 2. The van der Waals surface area contributed by atoms with E-state index in [2.05, 4.69) is 37.7 Å². The minimum atomic E-state index is 0.111. The van der Waals surface area contributed by atoms with E-state index in [1.807, 2.05) is 12.1 Å². The molecule has 0 aromatic heterocycles. The Hall–Kier alpha value is -0.320. The Kier molecular flexibility index (Phi) is 7.27. The summed E-state index contributed by atoms with van der Waals surface area (Å²) < 4.78 is 0. The fourth-order valence-electron chi connectivity index (χ4n) is 2.69. The molecule has 20 heavy (non-hydrogen) atoms. The van der Waals surface area contributed by atoms with Crippen LogP contribution in [0, 0.1) is 0 Å². The Morgan fingerprint density at radius 3 is 2.35 bits per heavy atom. The summed E-state index contributed by atoms with van der Waals surface area (Å²) in [5.41, 5.74) is 7.06. The van der Waals surface area contributed by atoms with Crippen LogP contribution in [0.3, 0.4) is 0 Å². The molecular weight excluding hydrogens is 293 g/mol. The van der Waals surface area contributed by atoms with Crippen molar-refractivity contribution >= 4 is 23.2 Å². The first-order valence-corrected chi connectivity index (χ1v) is 7.71. The molecule has 0 amide bonds. The summed E-state index contributed by atoms with van der Waals surface area (Å²) in [6.45, 7) is 6.81. The van der Waals surface area contributed by atoms with Crippen LogP contribution in [0.2, 0.25) is 10.0 Å². The van der Waals surface area contributed by atoms with E-state index >= 15 is 0 Å². The van der Waals surface area contributed by atoms with E-state index in [0.717, 1.165) is 18.7 Å². The lowest BCUT2D eigenvalue weighted by Gasteiger charge is -2.37. The summed E-state index contributed by atoms with van der Waals surface area (Å²) in [6.07, 6.45) is 0. The fraction of sp³-hybridized carbons (Fsp3) is 0.600. The minimum Gasteiger partial charge on any atom is -0.329 e. The van der Waals surface area contributed by atoms with Gasteiger partial charge in [-0.1, -0.05) is 36.2 Å². The number of hydrogen-bond donors (Lipinski definition) is 1. The van der Waals surface area contributed by atoms with Gasteiger partial charge in [0.25, 0.3) is 0 Å². The van der Waals surface area contributed by atoms with Gasteiger partial charge >= 0.3 is 0 Å². The monoisotopic (exact) mass is 317 g/mol. The number of hydrogen-bond acceptors (Lipinski definition) is 3. The fourth-order valence-corrected chi connectivity index (χ4v) is 3.22. The number of rotatable bonds is 7. The standard InChI is InChI=1S/C15H25Cl2N3/c1-5-20(11(2)10-19(3)4)15(9-18)13-7-6-12(16)8-14(13)17/h6-8,11,15H,5,9-10,18H2,1-4H3. The van der Waals surface area contributed by atoms with E-state index in [1.54, 1.807) is 6.07 Å². The van der Waals surface area contributed by atoms with Crippen molar-refractivity contribution in [3.63, 3.8) is 0 Å². The average Bonchev–Trinajstić information content (AvgIpc) is 2.35. The second-order valence-electron chi connectivity index (χ2n) is 5.36. The molecule has 0 aliphatic carbocycles. The molecule has 0 spiro atoms. The molecule has 1 rings (SSSR count). The summed E-state index contributed by atoms with van der Waals surface area (Å²) in [6, 6.07) is 6.14. The van der Waals surface area contributed by atoms with Crippen LogP contribution in [-0.2, 0) is 0 Å². The third-order valence-electron chi connectivity index (χ3n) is 3.51. The Morgan fingerprint density at radius 2 is 1.90 bits per heavy atom. The molecule has 3 nitrogen and oxygen atoms in total. The van der Waals surface area contributed by atoms with Gasteiger partial charge in [0.2, 0.25) is 0 Å². The van der Waals surface area contributed by atoms with Crippen molar-refractivity contribution in [2.75, 3.05) is 33.7 Å². The van der Waals surface area contributed by atoms with Gasteiger partial charge in [-0.2, -0.15) is 0 Å². The zero-order valence-corrected chi connectivity index (χ0v) is 14.2. The summed E-state index contributed by atoms with van der Waals surface area (Å²) in [7, 11) is 4.16. The van der Waals surface area contributed by atoms with Crippen molar-refractivity contribution in [2.24, 2.45) is 5.73 Å². The molecule has 2 unspecified atom stereocenters. The van der Waals surface area contributed by atoms with E-state index in [-0.39, 0.29) is 6.04 Å². The van der Waals surface area contributed by atoms with Crippen molar-refractivity contribution in [3.8, 4) is 0 Å². The molecule has 1 aromatic carbocycles. The Labute approximate surface area is 132 Å². The third kappa shape index (κ3) is 4.61. The van der Waals surface area contributed by atoms with Crippen LogP contribution in [0.5, 0.6) is 0 Å². The lowest BCUT2D eigenvalue weighted by molar-refractivity contribution is 0.131. The highest BCUT2D eigenvalue weighted by Crippen LogP contribution is 2.30. The van der Waals surface area contributed by atoms with Gasteiger partial charge < -0.3 is 10.6 Å². The Morgan fingerprint density at radius 1 is 1.25 bits per heavy atom. The molecule has 0 aliphatic heterocycles. The second kappa shape index (κ2) is 8.20. The smallest absolute Gasteiger partial charge is 0.0488 e. The number of benzene rings is 1. The zero-order valence-electron chi connectivity index (χ0n) is 12.7. The molecule has 0 bridgehead atoms. The van der Waals surface area contributed by atoms with Crippen molar-refractivity contribution in [3.05, 3.63) is 33.8 Å². The van der Waals surface area contributed by atoms with Gasteiger partial charge in [0.15, 0.2) is 0 Å². The lowest BCUT2D eigenvalue weighted by atomic mass is 10.0. The van der Waals surface area contributed by atoms with Crippen molar-refractivity contribution in [1.82, 2.24) is 9.80 Å². The molecule has 0 aliphatic rings. The molecule has 2 atom stereocenters. The van der Waals surface area contributed by atoms with Crippen LogP contribution >= 0.6 is 23.2 Å². The molecule has 0 radical (unpaired) electrons. The molecule has 0 fully saturated rings. The topological polar surface area (TPSA) is 32.5 Å². The molecule has 0 heterocycles. The van der Waals surface area contributed by atoms with Crippen LogP contribution in [-0.4, -0.2) is 49.6 Å². The van der Waals surface area contributed by atoms with Gasteiger partial charge in [0.05, 0.1) is 0 Å². The number of nitrogens with zero attached hydrogens (tertiary/aromatic N) is 2. The molecule has 1 aromatic rings. The van der Waals surface area contributed by atoms with Gasteiger partial charge in [-0.3, -0.25) is 4.90 Å². The summed E-state index contributed by atoms with van der Waals surface area (Å²) in [5, 5.41) is 1.34. The predicted octanol–water partition coefficient (Wildman–Crippen LogP) is 3.27. The molecule has 0 saturated heterocycles. The third-order valence-corrected chi connectivity index (χ3v) is 4.07. The molecule has 114 valence electrons. The van der Waals surface area contributed by atoms with Gasteiger partial charge in [-0.15, -0.1) is 0 Å². The SMILES string of the molecule is CCN(C(C)CN(C)C)C(CN)c1ccc(Cl)cc1Cl. The highest BCUT2D eigenvalue weighted by atomic mass is 35.5. The largest absolute Gasteiger partial charge is 0.329 e. The highest BCUT2D eigenvalue weighted by Gasteiger charge is 2.24. The van der Waals surface area contributed by atoms with Crippen LogP contribution in [0.25, 0.3) is 0 Å². The first-order valence-electron chi connectivity index (χ1n) is 6.96. The lowest BCUT2D eigenvalue weighted by Crippen LogP contribution is -2.44. The average molecular weight is 318 g/mol. The number of nitrogens with two attached hydrogens (primary N) is 1. The molecule has 0 saturated carbocycles. The Bertz CT molecular complexity index is 424. The zero-order chi connectivity index (χ0) is 15.3. The van der Waals surface area contributed by atoms with E-state index in [1.165, 1.54) is 0 Å². The summed E-state index contributed by atoms with van der Waals surface area (Å²) in [5.74, 6) is 0. The molecule has 2 N–H and O–H groups in total. The van der Waals surface area contributed by atoms with Crippen molar-refractivity contribution in [1.29, 1.82) is 0 Å². The van der Waals surface area contributed by atoms with E-state index in [4.69, 9.17) is 28.9 Å². The summed E-state index contributed by atoms with van der Waals surface area (Å²) >= 11 is 12.3. The summed E-state index contributed by atoms with van der Waals surface area (Å²) in [4.78, 5) is 4.57. The highest BCUT2D eigenvalue weighted by molar-refractivity contribution is 6.35. The maximum absolute atomic E-state index is 6.34. The van der Waals surface area contributed by atoms with Crippen LogP contribution in [0.15, 0.2) is 18.2 Å². The maximum Gasteiger partial charge on any atom is 0.0488 e. The normalized spacial score (nSPS) is 14.8. The molecular formula is C15H25Cl2N3. The quantitative estimate of drug-likeness (QED) is 0.837. The van der Waals surface area contributed by atoms with Gasteiger partial charge in [0, 0.05) is 35.2 Å². The van der Waals surface area contributed by atoms with Crippen molar-refractivity contribution < 1.29 is 0 Å². The first-order chi connectivity index (χ1) is 9.40. The minimum absolute atomic E-state index is 0.111. The molecule has 5 heteroatoms. The van der Waals surface area contributed by atoms with Gasteiger partial charge in [-0.25, -0.2) is 0 Å². The second-order valence-corrected chi connectivity index (χ2v) is 6.20. The van der Waals surface area contributed by atoms with Gasteiger partial charge in [-0.05, 0) is 45.3 Å². The van der Waals surface area contributed by atoms with Crippen LogP contribution in [0.1, 0.15) is 25.5 Å². The Balaban J connectivity index is 3.02. The van der Waals surface area contributed by atoms with E-state index in [0.29, 0.717) is 22.6 Å². The van der Waals surface area contributed by atoms with Crippen LogP contribution < -0.4 is 5.73 Å². The van der Waals surface area contributed by atoms with Gasteiger partial charge in [0.1, 0.15) is 0 Å². The van der Waals surface area contributed by atoms with Crippen LogP contribution in [0.4, 0.5) is 0 Å².